The highest BCUT2D eigenvalue weighted by atomic mass is 16.6. The van der Waals surface area contributed by atoms with E-state index in [-0.39, 0.29) is 18.1 Å². The van der Waals surface area contributed by atoms with E-state index in [2.05, 4.69) is 6.07 Å². The predicted molar refractivity (Wildman–Crippen MR) is 131 cm³/mol. The number of fused-ring (bicyclic) bond motifs is 3. The normalized spacial score (nSPS) is 24.8. The van der Waals surface area contributed by atoms with Crippen LogP contribution in [0, 0.1) is 32.3 Å². The maximum Gasteiger partial charge on any atom is 0.329 e. The molecule has 0 amide bonds. The summed E-state index contributed by atoms with van der Waals surface area (Å²) < 4.78 is 5.44. The molecule has 180 valence electrons. The van der Waals surface area contributed by atoms with Gasteiger partial charge in [-0.05, 0) is 24.1 Å². The van der Waals surface area contributed by atoms with Crippen molar-refractivity contribution in [3.05, 3.63) is 75.8 Å². The first-order valence-electron chi connectivity index (χ1n) is 11.5. The minimum atomic E-state index is -1.75. The number of hydrogen-bond donors (Lipinski definition) is 0. The zero-order chi connectivity index (χ0) is 25.5. The van der Waals surface area contributed by atoms with Crippen molar-refractivity contribution in [3.8, 4) is 6.07 Å². The summed E-state index contributed by atoms with van der Waals surface area (Å²) in [4.78, 5) is 40.3. The van der Waals surface area contributed by atoms with Crippen molar-refractivity contribution in [3.63, 3.8) is 0 Å². The fraction of sp³-hybridized carbons (Fsp3) is 0.370. The van der Waals surface area contributed by atoms with Crippen LogP contribution >= 0.6 is 0 Å². The molecule has 2 aliphatic rings. The van der Waals surface area contributed by atoms with E-state index in [0.29, 0.717) is 5.56 Å². The molecule has 0 aliphatic carbocycles. The molecule has 0 unspecified atom stereocenters. The number of benzene rings is 2. The number of rotatable bonds is 5. The van der Waals surface area contributed by atoms with Crippen LogP contribution in [0.5, 0.6) is 0 Å². The SMILES string of the molecule is CCOC(=O)[C@@]1(C#N)[C@@H]2C=Cc3ccccc3N2[C@H](C(=O)C(C)(C)C)[C@@H]1c1ccc([N+](=O)[O-])cc1. The first-order chi connectivity index (χ1) is 16.6. The Kier molecular flexibility index (Phi) is 5.97. The van der Waals surface area contributed by atoms with Crippen molar-refractivity contribution in [2.45, 2.75) is 45.7 Å². The van der Waals surface area contributed by atoms with Gasteiger partial charge in [0.1, 0.15) is 0 Å². The van der Waals surface area contributed by atoms with Gasteiger partial charge in [0.25, 0.3) is 5.69 Å². The van der Waals surface area contributed by atoms with Crippen LogP contribution in [0.4, 0.5) is 11.4 Å². The highest BCUT2D eigenvalue weighted by Gasteiger charge is 2.67. The third-order valence-electron chi connectivity index (χ3n) is 6.81. The molecule has 8 nitrogen and oxygen atoms in total. The number of carbonyl (C=O) groups is 2. The van der Waals surface area contributed by atoms with E-state index in [9.17, 15) is 25.0 Å². The van der Waals surface area contributed by atoms with Crippen LogP contribution in [0.25, 0.3) is 6.08 Å². The van der Waals surface area contributed by atoms with Crippen molar-refractivity contribution in [1.29, 1.82) is 5.26 Å². The van der Waals surface area contributed by atoms with Crippen LogP contribution in [0.1, 0.15) is 44.7 Å². The van der Waals surface area contributed by atoms with Crippen LogP contribution in [-0.2, 0) is 14.3 Å². The van der Waals surface area contributed by atoms with Crippen molar-refractivity contribution in [2.24, 2.45) is 10.8 Å². The number of anilines is 1. The molecule has 4 atom stereocenters. The van der Waals surface area contributed by atoms with Gasteiger partial charge in [-0.25, -0.2) is 0 Å². The van der Waals surface area contributed by atoms with Crippen LogP contribution in [0.3, 0.4) is 0 Å². The monoisotopic (exact) mass is 473 g/mol. The number of para-hydroxylation sites is 1. The molecule has 2 aromatic carbocycles. The number of nitrogens with zero attached hydrogens (tertiary/aromatic N) is 3. The van der Waals surface area contributed by atoms with Crippen molar-refractivity contribution >= 4 is 29.2 Å². The number of non-ortho nitro benzene ring substituents is 1. The number of nitro groups is 1. The molecule has 1 fully saturated rings. The summed E-state index contributed by atoms with van der Waals surface area (Å²) in [6, 6.07) is 13.9. The van der Waals surface area contributed by atoms with Gasteiger partial charge < -0.3 is 9.64 Å². The van der Waals surface area contributed by atoms with E-state index in [1.807, 2.05) is 35.2 Å². The van der Waals surface area contributed by atoms with Crippen LogP contribution in [0.2, 0.25) is 0 Å². The van der Waals surface area contributed by atoms with E-state index >= 15 is 0 Å². The second kappa shape index (κ2) is 8.66. The summed E-state index contributed by atoms with van der Waals surface area (Å²) in [6.07, 6.45) is 3.65. The Labute approximate surface area is 204 Å². The topological polar surface area (TPSA) is 114 Å². The Bertz CT molecular complexity index is 1250. The Hall–Kier alpha value is -3.99. The number of ether oxygens (including phenoxy) is 1. The summed E-state index contributed by atoms with van der Waals surface area (Å²) in [7, 11) is 0. The summed E-state index contributed by atoms with van der Waals surface area (Å²) in [5.74, 6) is -1.77. The third kappa shape index (κ3) is 3.68. The molecule has 1 saturated heterocycles. The molecular weight excluding hydrogens is 446 g/mol. The molecule has 0 spiro atoms. The van der Waals surface area contributed by atoms with E-state index in [4.69, 9.17) is 4.74 Å². The van der Waals surface area contributed by atoms with Gasteiger partial charge in [-0.2, -0.15) is 5.26 Å². The van der Waals surface area contributed by atoms with Crippen LogP contribution in [-0.4, -0.2) is 35.4 Å². The van der Waals surface area contributed by atoms with E-state index in [1.54, 1.807) is 33.8 Å². The maximum atomic E-state index is 14.0. The van der Waals surface area contributed by atoms with E-state index in [0.717, 1.165) is 11.3 Å². The van der Waals surface area contributed by atoms with Gasteiger partial charge in [-0.3, -0.25) is 19.7 Å². The number of hydrogen-bond acceptors (Lipinski definition) is 7. The second-order valence-corrected chi connectivity index (χ2v) is 9.86. The van der Waals surface area contributed by atoms with Crippen LogP contribution < -0.4 is 4.90 Å². The molecule has 8 heteroatoms. The smallest absolute Gasteiger partial charge is 0.329 e. The summed E-state index contributed by atoms with van der Waals surface area (Å²) in [6.45, 7) is 7.15. The van der Waals surface area contributed by atoms with Gasteiger partial charge in [0.05, 0.1) is 29.7 Å². The second-order valence-electron chi connectivity index (χ2n) is 9.86. The maximum absolute atomic E-state index is 14.0. The third-order valence-corrected chi connectivity index (χ3v) is 6.81. The average Bonchev–Trinajstić information content (AvgIpc) is 3.14. The van der Waals surface area contributed by atoms with Gasteiger partial charge in [0, 0.05) is 29.2 Å². The predicted octanol–water partition coefficient (Wildman–Crippen LogP) is 4.65. The minimum absolute atomic E-state index is 0.0696. The lowest BCUT2D eigenvalue weighted by atomic mass is 9.67. The average molecular weight is 474 g/mol. The molecule has 0 saturated carbocycles. The molecule has 2 heterocycles. The summed E-state index contributed by atoms with van der Waals surface area (Å²) in [5, 5.41) is 21.9. The molecular formula is C27H27N3O5. The summed E-state index contributed by atoms with van der Waals surface area (Å²) >= 11 is 0. The Morgan fingerprint density at radius 3 is 2.40 bits per heavy atom. The van der Waals surface area contributed by atoms with Crippen molar-refractivity contribution in [1.82, 2.24) is 0 Å². The molecule has 0 radical (unpaired) electrons. The van der Waals surface area contributed by atoms with Gasteiger partial charge >= 0.3 is 5.97 Å². The molecule has 0 bridgehead atoms. The Morgan fingerprint density at radius 2 is 1.83 bits per heavy atom. The number of carbonyl (C=O) groups excluding carboxylic acids is 2. The summed E-state index contributed by atoms with van der Waals surface area (Å²) in [5.41, 5.74) is -0.543. The Morgan fingerprint density at radius 1 is 1.17 bits per heavy atom. The van der Waals surface area contributed by atoms with Gasteiger partial charge in [-0.15, -0.1) is 0 Å². The van der Waals surface area contributed by atoms with Gasteiger partial charge in [0.15, 0.2) is 11.2 Å². The molecule has 2 aliphatic heterocycles. The lowest BCUT2D eigenvalue weighted by Gasteiger charge is -2.37. The van der Waals surface area contributed by atoms with E-state index in [1.165, 1.54) is 24.3 Å². The number of nitriles is 1. The number of ketones is 1. The van der Waals surface area contributed by atoms with Crippen LogP contribution in [0.15, 0.2) is 54.6 Å². The number of esters is 1. The van der Waals surface area contributed by atoms with Crippen molar-refractivity contribution in [2.75, 3.05) is 11.5 Å². The molecule has 0 aromatic heterocycles. The standard InChI is InChI=1S/C27H27N3O5/c1-5-35-25(32)27(16-28)21-15-12-17-8-6-7-9-20(17)29(21)23(24(31)26(2,3)4)22(27)18-10-13-19(14-11-18)30(33)34/h6-15,21-23H,5H2,1-4H3/t21-,22-,23-,27-/m0/s1. The van der Waals surface area contributed by atoms with Crippen molar-refractivity contribution < 1.29 is 19.2 Å². The fourth-order valence-electron chi connectivity index (χ4n) is 5.24. The minimum Gasteiger partial charge on any atom is -0.465 e. The highest BCUT2D eigenvalue weighted by molar-refractivity contribution is 5.99. The fourth-order valence-corrected chi connectivity index (χ4v) is 5.24. The number of Topliss-reactive ketones (excluding diaryl/α,β-unsaturated/α-hetero) is 1. The zero-order valence-electron chi connectivity index (χ0n) is 20.1. The first kappa shape index (κ1) is 24.1. The highest BCUT2D eigenvalue weighted by Crippen LogP contribution is 2.57. The Balaban J connectivity index is 2.04. The quantitative estimate of drug-likeness (QED) is 0.353. The molecule has 0 N–H and O–H groups in total. The zero-order valence-corrected chi connectivity index (χ0v) is 20.1. The largest absolute Gasteiger partial charge is 0.465 e. The van der Waals surface area contributed by atoms with E-state index < -0.39 is 39.7 Å². The molecule has 4 rings (SSSR count). The van der Waals surface area contributed by atoms with Gasteiger partial charge in [0.2, 0.25) is 0 Å². The molecule has 35 heavy (non-hydrogen) atoms. The lowest BCUT2D eigenvalue weighted by Crippen LogP contribution is -2.48. The lowest BCUT2D eigenvalue weighted by molar-refractivity contribution is -0.384. The molecule has 2 aromatic rings. The van der Waals surface area contributed by atoms with Gasteiger partial charge in [-0.1, -0.05) is 63.3 Å². The number of nitro benzene ring substituents is 1. The first-order valence-corrected chi connectivity index (χ1v) is 11.5.